The molecule has 0 saturated carbocycles. The van der Waals surface area contributed by atoms with Crippen molar-refractivity contribution in [2.45, 2.75) is 6.42 Å². The van der Waals surface area contributed by atoms with Gasteiger partial charge in [0.05, 0.1) is 5.56 Å². The summed E-state index contributed by atoms with van der Waals surface area (Å²) in [6, 6.07) is 10.4. The van der Waals surface area contributed by atoms with Crippen LogP contribution >= 0.6 is 0 Å². The lowest BCUT2D eigenvalue weighted by atomic mass is 10.0. The van der Waals surface area contributed by atoms with Crippen molar-refractivity contribution in [3.63, 3.8) is 0 Å². The van der Waals surface area contributed by atoms with Crippen LogP contribution in [0.5, 0.6) is 0 Å². The molecule has 0 radical (unpaired) electrons. The Labute approximate surface area is 102 Å². The first-order valence-corrected chi connectivity index (χ1v) is 5.30. The Morgan fingerprint density at radius 1 is 0.889 bits per heavy atom. The molecule has 0 bridgehead atoms. The lowest BCUT2D eigenvalue weighted by Crippen LogP contribution is -2.08. The number of ketones is 1. The molecule has 1 nitrogen and oxygen atoms in total. The summed E-state index contributed by atoms with van der Waals surface area (Å²) in [5, 5.41) is 0. The van der Waals surface area contributed by atoms with Crippen LogP contribution in [0.1, 0.15) is 15.9 Å². The number of carbonyl (C=O) groups is 1. The Bertz CT molecular complexity index is 579. The summed E-state index contributed by atoms with van der Waals surface area (Å²) >= 11 is 0. The fraction of sp³-hybridized carbons (Fsp3) is 0.0714. The first-order chi connectivity index (χ1) is 8.59. The molecule has 4 heteroatoms. The Morgan fingerprint density at radius 2 is 1.56 bits per heavy atom. The Kier molecular flexibility index (Phi) is 3.46. The van der Waals surface area contributed by atoms with Gasteiger partial charge in [-0.1, -0.05) is 30.3 Å². The van der Waals surface area contributed by atoms with Gasteiger partial charge >= 0.3 is 0 Å². The average Bonchev–Trinajstić information content (AvgIpc) is 2.37. The monoisotopic (exact) mass is 250 g/mol. The van der Waals surface area contributed by atoms with E-state index in [1.54, 1.807) is 30.3 Å². The topological polar surface area (TPSA) is 17.1 Å². The number of hydrogen-bond acceptors (Lipinski definition) is 1. The fourth-order valence-electron chi connectivity index (χ4n) is 1.62. The van der Waals surface area contributed by atoms with Gasteiger partial charge in [-0.3, -0.25) is 4.79 Å². The highest BCUT2D eigenvalue weighted by molar-refractivity contribution is 5.97. The zero-order valence-corrected chi connectivity index (χ0v) is 9.29. The highest BCUT2D eigenvalue weighted by Crippen LogP contribution is 2.17. The van der Waals surface area contributed by atoms with Crippen molar-refractivity contribution in [1.29, 1.82) is 0 Å². The molecule has 92 valence electrons. The van der Waals surface area contributed by atoms with Crippen LogP contribution in [0.2, 0.25) is 0 Å². The maximum absolute atomic E-state index is 13.4. The van der Waals surface area contributed by atoms with E-state index in [0.717, 1.165) is 12.1 Å². The van der Waals surface area contributed by atoms with E-state index in [-0.39, 0.29) is 6.42 Å². The van der Waals surface area contributed by atoms with Gasteiger partial charge in [-0.25, -0.2) is 13.2 Å². The van der Waals surface area contributed by atoms with Crippen LogP contribution in [0.25, 0.3) is 0 Å². The second-order valence-corrected chi connectivity index (χ2v) is 3.81. The van der Waals surface area contributed by atoms with Crippen LogP contribution < -0.4 is 0 Å². The molecule has 0 amide bonds. The average molecular weight is 250 g/mol. The molecule has 0 atom stereocenters. The normalized spacial score (nSPS) is 10.4. The second kappa shape index (κ2) is 5.04. The third-order valence-corrected chi connectivity index (χ3v) is 2.54. The molecule has 2 aromatic rings. The van der Waals surface area contributed by atoms with E-state index >= 15 is 0 Å². The SMILES string of the molecule is O=C(Cc1ccccc1)c1ccc(F)c(F)c1F. The first-order valence-electron chi connectivity index (χ1n) is 5.30. The molecule has 2 aromatic carbocycles. The third-order valence-electron chi connectivity index (χ3n) is 2.54. The minimum Gasteiger partial charge on any atom is -0.294 e. The molecule has 0 aromatic heterocycles. The van der Waals surface area contributed by atoms with E-state index in [2.05, 4.69) is 0 Å². The zero-order valence-electron chi connectivity index (χ0n) is 9.29. The molecule has 0 N–H and O–H groups in total. The van der Waals surface area contributed by atoms with Crippen molar-refractivity contribution >= 4 is 5.78 Å². The number of halogens is 3. The van der Waals surface area contributed by atoms with Crippen molar-refractivity contribution in [2.75, 3.05) is 0 Å². The molecule has 0 fully saturated rings. The highest BCUT2D eigenvalue weighted by Gasteiger charge is 2.18. The number of carbonyl (C=O) groups excluding carboxylic acids is 1. The van der Waals surface area contributed by atoms with Crippen molar-refractivity contribution in [3.8, 4) is 0 Å². The van der Waals surface area contributed by atoms with Crippen LogP contribution in [0, 0.1) is 17.5 Å². The quantitative estimate of drug-likeness (QED) is 0.601. The van der Waals surface area contributed by atoms with E-state index in [4.69, 9.17) is 0 Å². The summed E-state index contributed by atoms with van der Waals surface area (Å²) in [5.41, 5.74) is 0.254. The molecule has 0 aliphatic rings. The van der Waals surface area contributed by atoms with Gasteiger partial charge < -0.3 is 0 Å². The van der Waals surface area contributed by atoms with Gasteiger partial charge in [0.15, 0.2) is 23.2 Å². The summed E-state index contributed by atoms with van der Waals surface area (Å²) < 4.78 is 39.1. The molecule has 0 aliphatic carbocycles. The summed E-state index contributed by atoms with van der Waals surface area (Å²) in [6.45, 7) is 0. The molecule has 0 unspecified atom stereocenters. The lowest BCUT2D eigenvalue weighted by Gasteiger charge is -2.04. The highest BCUT2D eigenvalue weighted by atomic mass is 19.2. The summed E-state index contributed by atoms with van der Waals surface area (Å²) in [4.78, 5) is 11.8. The number of rotatable bonds is 3. The van der Waals surface area contributed by atoms with E-state index in [1.165, 1.54) is 0 Å². The van der Waals surface area contributed by atoms with E-state index in [1.807, 2.05) is 0 Å². The van der Waals surface area contributed by atoms with Crippen molar-refractivity contribution in [2.24, 2.45) is 0 Å². The molecule has 18 heavy (non-hydrogen) atoms. The van der Waals surface area contributed by atoms with E-state index in [0.29, 0.717) is 5.56 Å². The van der Waals surface area contributed by atoms with Gasteiger partial charge in [0.1, 0.15) is 0 Å². The predicted octanol–water partition coefficient (Wildman–Crippen LogP) is 3.53. The summed E-state index contributed by atoms with van der Waals surface area (Å²) in [7, 11) is 0. The molecular formula is C14H9F3O. The maximum atomic E-state index is 13.4. The second-order valence-electron chi connectivity index (χ2n) is 3.81. The van der Waals surface area contributed by atoms with Crippen molar-refractivity contribution < 1.29 is 18.0 Å². The van der Waals surface area contributed by atoms with Gasteiger partial charge in [0, 0.05) is 6.42 Å². The molecule has 0 heterocycles. The Hall–Kier alpha value is -2.10. The minimum atomic E-state index is -1.62. The Morgan fingerprint density at radius 3 is 2.22 bits per heavy atom. The third kappa shape index (κ3) is 2.42. The van der Waals surface area contributed by atoms with Gasteiger partial charge in [-0.05, 0) is 17.7 Å². The first kappa shape index (κ1) is 12.4. The largest absolute Gasteiger partial charge is 0.294 e. The van der Waals surface area contributed by atoms with Crippen LogP contribution in [0.3, 0.4) is 0 Å². The predicted molar refractivity (Wildman–Crippen MR) is 60.8 cm³/mol. The number of benzene rings is 2. The summed E-state index contributed by atoms with van der Waals surface area (Å²) in [6.07, 6.45) is -0.0527. The number of Topliss-reactive ketones (excluding diaryl/α,β-unsaturated/α-hetero) is 1. The van der Waals surface area contributed by atoms with Gasteiger partial charge in [0.2, 0.25) is 0 Å². The van der Waals surface area contributed by atoms with Gasteiger partial charge in [-0.2, -0.15) is 0 Å². The molecule has 2 rings (SSSR count). The summed E-state index contributed by atoms with van der Waals surface area (Å²) in [5.74, 6) is -4.94. The fourth-order valence-corrected chi connectivity index (χ4v) is 1.62. The molecule has 0 saturated heterocycles. The number of hydrogen-bond donors (Lipinski definition) is 0. The smallest absolute Gasteiger partial charge is 0.195 e. The lowest BCUT2D eigenvalue weighted by molar-refractivity contribution is 0.0988. The van der Waals surface area contributed by atoms with Gasteiger partial charge in [0.25, 0.3) is 0 Å². The van der Waals surface area contributed by atoms with Gasteiger partial charge in [-0.15, -0.1) is 0 Å². The molecular weight excluding hydrogens is 241 g/mol. The van der Waals surface area contributed by atoms with Crippen LogP contribution in [0.15, 0.2) is 42.5 Å². The molecule has 0 aliphatic heterocycles. The maximum Gasteiger partial charge on any atom is 0.195 e. The van der Waals surface area contributed by atoms with Crippen LogP contribution in [-0.2, 0) is 6.42 Å². The van der Waals surface area contributed by atoms with Crippen molar-refractivity contribution in [3.05, 3.63) is 71.0 Å². The van der Waals surface area contributed by atoms with Crippen LogP contribution in [-0.4, -0.2) is 5.78 Å². The molecule has 0 spiro atoms. The Balaban J connectivity index is 2.28. The van der Waals surface area contributed by atoms with Crippen molar-refractivity contribution in [1.82, 2.24) is 0 Å². The zero-order chi connectivity index (χ0) is 13.1. The minimum absolute atomic E-state index is 0.0527. The van der Waals surface area contributed by atoms with Crippen LogP contribution in [0.4, 0.5) is 13.2 Å². The standard InChI is InChI=1S/C14H9F3O/c15-11-7-6-10(13(16)14(11)17)12(18)8-9-4-2-1-3-5-9/h1-7H,8H2. The van der Waals surface area contributed by atoms with E-state index in [9.17, 15) is 18.0 Å². The van der Waals surface area contributed by atoms with E-state index < -0.39 is 28.8 Å².